The topological polar surface area (TPSA) is 78.9 Å². The fourth-order valence-electron chi connectivity index (χ4n) is 9.33. The van der Waals surface area contributed by atoms with E-state index in [2.05, 4.69) is 142 Å². The second-order valence-corrected chi connectivity index (χ2v) is 22.3. The Hall–Kier alpha value is -4.19. The van der Waals surface area contributed by atoms with Crippen molar-refractivity contribution in [3.05, 3.63) is 122 Å². The molecule has 0 saturated carbocycles. The van der Waals surface area contributed by atoms with E-state index in [1.807, 2.05) is 0 Å². The van der Waals surface area contributed by atoms with Crippen molar-refractivity contribution in [3.8, 4) is 0 Å². The van der Waals surface area contributed by atoms with E-state index in [0.717, 1.165) is 128 Å². The monoisotopic (exact) mass is 1120 g/mol. The Bertz CT molecular complexity index is 1670. The summed E-state index contributed by atoms with van der Waals surface area (Å²) in [4.78, 5) is 38.4. The van der Waals surface area contributed by atoms with Crippen molar-refractivity contribution >= 4 is 17.9 Å². The standard InChI is InChI=1S/C75H126O6/c1-4-7-10-13-16-19-22-25-27-29-31-33-34-35-36-37-38-39-40-42-43-45-47-50-53-56-59-62-65-68-74(77)80-71-72(70-79-73(76)67-64-61-58-55-52-49-24-21-18-15-12-9-6-3)81-75(78)69-66-63-60-57-54-51-48-46-44-41-32-30-28-26-23-20-17-14-11-8-5-2/h7,10,16,19,21,23-27,30-33,35-36,38-39,44,46,72H,4-6,8-9,11-15,17-18,20,22,28-29,34,37,40-43,45,47-71H2,1-3H3/b10-7-,19-16-,24-21-,26-23-,27-25-,32-30-,33-31-,36-35-,39-38-,46-44-. The van der Waals surface area contributed by atoms with Gasteiger partial charge in [-0.2, -0.15) is 0 Å². The van der Waals surface area contributed by atoms with Crippen LogP contribution in [0.5, 0.6) is 0 Å². The molecule has 0 radical (unpaired) electrons. The maximum Gasteiger partial charge on any atom is 0.306 e. The van der Waals surface area contributed by atoms with Gasteiger partial charge in [-0.15, -0.1) is 0 Å². The molecule has 0 aromatic rings. The third-order valence-electron chi connectivity index (χ3n) is 14.4. The Morgan fingerprint density at radius 3 is 0.778 bits per heavy atom. The summed E-state index contributed by atoms with van der Waals surface area (Å²) < 4.78 is 16.9. The first-order valence-electron chi connectivity index (χ1n) is 34.0. The number of carbonyl (C=O) groups is 3. The highest BCUT2D eigenvalue weighted by molar-refractivity contribution is 5.71. The molecular formula is C75H126O6. The summed E-state index contributed by atoms with van der Waals surface area (Å²) in [6.07, 6.45) is 94.9. The lowest BCUT2D eigenvalue weighted by molar-refractivity contribution is -0.167. The Balaban J connectivity index is 4.34. The second kappa shape index (κ2) is 68.3. The van der Waals surface area contributed by atoms with Gasteiger partial charge in [-0.3, -0.25) is 14.4 Å². The van der Waals surface area contributed by atoms with E-state index >= 15 is 0 Å². The molecule has 0 aliphatic heterocycles. The minimum absolute atomic E-state index is 0.0895. The highest BCUT2D eigenvalue weighted by Crippen LogP contribution is 2.16. The first-order chi connectivity index (χ1) is 40.0. The maximum absolute atomic E-state index is 12.9. The molecule has 0 heterocycles. The van der Waals surface area contributed by atoms with Gasteiger partial charge in [0.05, 0.1) is 0 Å². The number of unbranched alkanes of at least 4 members (excludes halogenated alkanes) is 30. The van der Waals surface area contributed by atoms with E-state index in [9.17, 15) is 14.4 Å². The molecule has 1 unspecified atom stereocenters. The van der Waals surface area contributed by atoms with Crippen LogP contribution in [0.1, 0.15) is 316 Å². The van der Waals surface area contributed by atoms with Crippen molar-refractivity contribution in [2.45, 2.75) is 322 Å². The molecule has 6 nitrogen and oxygen atoms in total. The molecule has 0 rings (SSSR count). The predicted molar refractivity (Wildman–Crippen MR) is 353 cm³/mol. The first kappa shape index (κ1) is 76.8. The smallest absolute Gasteiger partial charge is 0.306 e. The van der Waals surface area contributed by atoms with Gasteiger partial charge in [0, 0.05) is 19.3 Å². The van der Waals surface area contributed by atoms with Crippen LogP contribution >= 0.6 is 0 Å². The molecule has 6 heteroatoms. The lowest BCUT2D eigenvalue weighted by Gasteiger charge is -2.18. The largest absolute Gasteiger partial charge is 0.462 e. The first-order valence-corrected chi connectivity index (χ1v) is 34.0. The lowest BCUT2D eigenvalue weighted by Crippen LogP contribution is -2.30. The van der Waals surface area contributed by atoms with Gasteiger partial charge in [-0.05, 0) is 135 Å². The van der Waals surface area contributed by atoms with E-state index in [1.165, 1.54) is 148 Å². The number of esters is 3. The summed E-state index contributed by atoms with van der Waals surface area (Å²) in [6.45, 7) is 6.50. The van der Waals surface area contributed by atoms with Crippen LogP contribution in [0.25, 0.3) is 0 Å². The average molecular weight is 1120 g/mol. The fraction of sp³-hybridized carbons (Fsp3) is 0.693. The number of carbonyl (C=O) groups excluding carboxylic acids is 3. The van der Waals surface area contributed by atoms with Gasteiger partial charge in [0.25, 0.3) is 0 Å². The van der Waals surface area contributed by atoms with Crippen molar-refractivity contribution in [2.75, 3.05) is 13.2 Å². The quantitative estimate of drug-likeness (QED) is 0.0261. The molecule has 462 valence electrons. The predicted octanol–water partition coefficient (Wildman–Crippen LogP) is 23.6. The molecule has 0 spiro atoms. The molecule has 0 N–H and O–H groups in total. The van der Waals surface area contributed by atoms with Crippen molar-refractivity contribution in [2.24, 2.45) is 0 Å². The van der Waals surface area contributed by atoms with Crippen LogP contribution in [-0.2, 0) is 28.6 Å². The number of allylic oxidation sites excluding steroid dienone is 20. The summed E-state index contributed by atoms with van der Waals surface area (Å²) in [6, 6.07) is 0. The molecule has 0 aromatic carbocycles. The summed E-state index contributed by atoms with van der Waals surface area (Å²) in [7, 11) is 0. The third kappa shape index (κ3) is 66.5. The Morgan fingerprint density at radius 2 is 0.481 bits per heavy atom. The van der Waals surface area contributed by atoms with Crippen LogP contribution in [-0.4, -0.2) is 37.2 Å². The van der Waals surface area contributed by atoms with Gasteiger partial charge in [-0.25, -0.2) is 0 Å². The van der Waals surface area contributed by atoms with Crippen LogP contribution in [0.2, 0.25) is 0 Å². The molecular weight excluding hydrogens is 997 g/mol. The van der Waals surface area contributed by atoms with E-state index in [0.29, 0.717) is 19.3 Å². The van der Waals surface area contributed by atoms with Crippen LogP contribution in [0.15, 0.2) is 122 Å². The number of ether oxygens (including phenoxy) is 3. The minimum Gasteiger partial charge on any atom is -0.462 e. The molecule has 0 aliphatic rings. The van der Waals surface area contributed by atoms with Crippen LogP contribution in [0, 0.1) is 0 Å². The molecule has 0 amide bonds. The molecule has 81 heavy (non-hydrogen) atoms. The zero-order chi connectivity index (χ0) is 58.5. The van der Waals surface area contributed by atoms with Crippen molar-refractivity contribution in [3.63, 3.8) is 0 Å². The zero-order valence-electron chi connectivity index (χ0n) is 53.0. The summed E-state index contributed by atoms with van der Waals surface area (Å²) >= 11 is 0. The normalized spacial score (nSPS) is 12.9. The maximum atomic E-state index is 12.9. The van der Waals surface area contributed by atoms with Gasteiger partial charge in [0.15, 0.2) is 6.10 Å². The van der Waals surface area contributed by atoms with Gasteiger partial charge in [0.1, 0.15) is 13.2 Å². The Kier molecular flexibility index (Phi) is 64.8. The molecule has 1 atom stereocenters. The number of hydrogen-bond acceptors (Lipinski definition) is 6. The molecule has 0 saturated heterocycles. The summed E-state index contributed by atoms with van der Waals surface area (Å²) in [5, 5.41) is 0. The minimum atomic E-state index is -0.794. The number of hydrogen-bond donors (Lipinski definition) is 0. The van der Waals surface area contributed by atoms with Crippen molar-refractivity contribution in [1.82, 2.24) is 0 Å². The average Bonchev–Trinajstić information content (AvgIpc) is 3.46. The molecule has 0 aromatic heterocycles. The van der Waals surface area contributed by atoms with E-state index < -0.39 is 6.10 Å². The van der Waals surface area contributed by atoms with Gasteiger partial charge < -0.3 is 14.2 Å². The summed E-state index contributed by atoms with van der Waals surface area (Å²) in [5.41, 5.74) is 0. The molecule has 0 bridgehead atoms. The number of rotatable bonds is 61. The zero-order valence-corrected chi connectivity index (χ0v) is 53.0. The third-order valence-corrected chi connectivity index (χ3v) is 14.4. The van der Waals surface area contributed by atoms with Gasteiger partial charge in [0.2, 0.25) is 0 Å². The van der Waals surface area contributed by atoms with Gasteiger partial charge in [-0.1, -0.05) is 284 Å². The van der Waals surface area contributed by atoms with E-state index in [1.54, 1.807) is 0 Å². The summed E-state index contributed by atoms with van der Waals surface area (Å²) in [5.74, 6) is -0.907. The second-order valence-electron chi connectivity index (χ2n) is 22.3. The Morgan fingerprint density at radius 1 is 0.259 bits per heavy atom. The molecule has 0 aliphatic carbocycles. The van der Waals surface area contributed by atoms with Crippen molar-refractivity contribution in [1.29, 1.82) is 0 Å². The van der Waals surface area contributed by atoms with E-state index in [-0.39, 0.29) is 31.1 Å². The van der Waals surface area contributed by atoms with Crippen LogP contribution < -0.4 is 0 Å². The van der Waals surface area contributed by atoms with Crippen molar-refractivity contribution < 1.29 is 28.6 Å². The van der Waals surface area contributed by atoms with E-state index in [4.69, 9.17) is 14.2 Å². The van der Waals surface area contributed by atoms with Gasteiger partial charge >= 0.3 is 17.9 Å². The Labute approximate surface area is 501 Å². The lowest BCUT2D eigenvalue weighted by atomic mass is 10.1. The van der Waals surface area contributed by atoms with Crippen LogP contribution in [0.3, 0.4) is 0 Å². The molecule has 0 fully saturated rings. The fourth-order valence-corrected chi connectivity index (χ4v) is 9.33. The SMILES string of the molecule is CC/C=C\C/C=C\C/C=C\C/C=C\C/C=C\C/C=C\CCCCCCCCCCCCC(=O)OCC(COC(=O)CCCCCCC/C=C\CCCCCC)OC(=O)CCCCCCCC/C=C\C/C=C\C/C=C\CCCCCCC. The highest BCUT2D eigenvalue weighted by atomic mass is 16.6. The highest BCUT2D eigenvalue weighted by Gasteiger charge is 2.19. The van der Waals surface area contributed by atoms with Crippen LogP contribution in [0.4, 0.5) is 0 Å².